The second-order valence-electron chi connectivity index (χ2n) is 18.7. The highest BCUT2D eigenvalue weighted by molar-refractivity contribution is 7.98. The number of aliphatic hydroxyl groups is 1. The molecule has 23 heteroatoms. The largest absolute Gasteiger partial charge is 0.567 e. The molecule has 5 aliphatic rings. The number of amides is 7. The molecule has 6 rings (SSSR count). The zero-order valence-electron chi connectivity index (χ0n) is 37.0. The Kier molecular flexibility index (Phi) is 18.0. The maximum Gasteiger partial charge on any atom is 0.567 e. The van der Waals surface area contributed by atoms with Crippen LogP contribution in [0.1, 0.15) is 97.1 Å². The molecular formula is C41H67N9O12PS+. The Labute approximate surface area is 378 Å². The standard InChI is InChI=1S/C41H66N9O12PS/c1-22(2)10-29(47-39(57)32-6-5-8-50(32)33(52)18-41-15-24-11-25(16-41)13-26(12-24)17-41)36(54)46-30(14-27-19-43-21-44-27)37(55)48-31(20-51)38(56)49-34(23(3)62-63(59,60)61)40(58)45-28(35(42)53)7-9-64-4/h19,21-26,28-32,34,51,59-61H,5-18,20H2,1-4H3,(H7-,42,43,44,45,46,47,48,49,53,54,55,56,57,58)/p+1/t23-,24?,25?,26?,28+,29+,30+,31+,32+,34+,41?/m1/s1. The summed E-state index contributed by atoms with van der Waals surface area (Å²) in [7, 11) is -4.98. The third kappa shape index (κ3) is 14.0. The van der Waals surface area contributed by atoms with Gasteiger partial charge in [-0.05, 0) is 112 Å². The van der Waals surface area contributed by atoms with Gasteiger partial charge in [-0.15, -0.1) is 4.52 Å². The summed E-state index contributed by atoms with van der Waals surface area (Å²) in [5.41, 5.74) is 5.85. The Morgan fingerprint density at radius 1 is 0.891 bits per heavy atom. The minimum absolute atomic E-state index is 0.00436. The second-order valence-corrected chi connectivity index (χ2v) is 20.9. The first-order valence-electron chi connectivity index (χ1n) is 22.1. The second kappa shape index (κ2) is 22.5. The van der Waals surface area contributed by atoms with Crippen molar-refractivity contribution in [3.63, 3.8) is 0 Å². The Morgan fingerprint density at radius 2 is 1.48 bits per heavy atom. The smallest absolute Gasteiger partial charge is 0.394 e. The molecular weight excluding hydrogens is 874 g/mol. The number of carbonyl (C=O) groups is 7. The Morgan fingerprint density at radius 3 is 2.03 bits per heavy atom. The van der Waals surface area contributed by atoms with Crippen LogP contribution in [0.15, 0.2) is 12.5 Å². The number of hydrogen-bond donors (Lipinski definition) is 11. The Balaban J connectivity index is 1.27. The van der Waals surface area contributed by atoms with Crippen LogP contribution in [0.2, 0.25) is 0 Å². The number of primary amides is 1. The topological polar surface area (TPSA) is 328 Å². The van der Waals surface area contributed by atoms with Gasteiger partial charge in [0.05, 0.1) is 12.9 Å². The first kappa shape index (κ1) is 51.1. The summed E-state index contributed by atoms with van der Waals surface area (Å²) in [6.07, 6.45) is 11.5. The van der Waals surface area contributed by atoms with E-state index in [-0.39, 0.29) is 36.5 Å². The summed E-state index contributed by atoms with van der Waals surface area (Å²) in [4.78, 5) is 132. The molecule has 12 N–H and O–H groups in total. The number of hydrogen-bond acceptors (Lipinski definition) is 14. The molecule has 0 radical (unpaired) electrons. The molecule has 1 saturated heterocycles. The number of imidazole rings is 1. The lowest BCUT2D eigenvalue weighted by Crippen LogP contribution is -2.62. The van der Waals surface area contributed by atoms with Crippen molar-refractivity contribution >= 4 is 61.3 Å². The Hall–Kier alpha value is -3.92. The highest BCUT2D eigenvalue weighted by Gasteiger charge is 2.52. The van der Waals surface area contributed by atoms with E-state index in [1.807, 2.05) is 13.8 Å². The van der Waals surface area contributed by atoms with Gasteiger partial charge in [-0.3, -0.25) is 33.6 Å². The first-order chi connectivity index (χ1) is 30.2. The fourth-order valence-corrected chi connectivity index (χ4v) is 11.6. The van der Waals surface area contributed by atoms with E-state index in [0.29, 0.717) is 55.0 Å². The van der Waals surface area contributed by atoms with Crippen molar-refractivity contribution in [3.8, 4) is 0 Å². The van der Waals surface area contributed by atoms with Crippen LogP contribution < -0.4 is 32.3 Å². The monoisotopic (exact) mass is 940 g/mol. The lowest BCUT2D eigenvalue weighted by molar-refractivity contribution is -0.145. The molecule has 358 valence electrons. The summed E-state index contributed by atoms with van der Waals surface area (Å²) in [6.45, 7) is 4.27. The predicted octanol–water partition coefficient (Wildman–Crippen LogP) is -0.690. The SMILES string of the molecule is CSCC[C@H](NC(=O)[C@@H](NC(=O)[C@H](CO)NC(=O)[C@H](Cc1cnc[nH]1)NC(=O)[C@H](CC(C)C)NC(=O)[C@@H]1CCCN1C(=O)CC12CC3CC(CC(C3)C1)C2)[C@@H](C)O[P+](O)(O)O)C(N)=O. The van der Waals surface area contributed by atoms with E-state index in [2.05, 4.69) is 36.6 Å². The lowest BCUT2D eigenvalue weighted by atomic mass is 9.49. The number of nitrogens with one attached hydrogen (secondary N) is 6. The predicted molar refractivity (Wildman–Crippen MR) is 235 cm³/mol. The average molecular weight is 941 g/mol. The maximum atomic E-state index is 14.1. The molecule has 1 aliphatic heterocycles. The lowest BCUT2D eigenvalue weighted by Gasteiger charge is -2.57. The number of aromatic nitrogens is 2. The van der Waals surface area contributed by atoms with Crippen molar-refractivity contribution in [3.05, 3.63) is 18.2 Å². The van der Waals surface area contributed by atoms with Gasteiger partial charge in [0.15, 0.2) is 0 Å². The highest BCUT2D eigenvalue weighted by Crippen LogP contribution is 2.61. The molecule has 4 bridgehead atoms. The number of likely N-dealkylation sites (tertiary alicyclic amines) is 1. The van der Waals surface area contributed by atoms with E-state index in [1.54, 1.807) is 11.2 Å². The van der Waals surface area contributed by atoms with E-state index < -0.39 is 92.6 Å². The average Bonchev–Trinajstić information content (AvgIpc) is 3.91. The van der Waals surface area contributed by atoms with E-state index in [0.717, 1.165) is 26.2 Å². The van der Waals surface area contributed by atoms with Crippen LogP contribution in [0.4, 0.5) is 0 Å². The molecule has 21 nitrogen and oxygen atoms in total. The molecule has 64 heavy (non-hydrogen) atoms. The van der Waals surface area contributed by atoms with E-state index in [9.17, 15) is 53.3 Å². The summed E-state index contributed by atoms with van der Waals surface area (Å²) in [5, 5.41) is 22.8. The fraction of sp³-hybridized carbons (Fsp3) is 0.756. The van der Waals surface area contributed by atoms with Gasteiger partial charge in [0.1, 0.15) is 42.4 Å². The summed E-state index contributed by atoms with van der Waals surface area (Å²) in [5.74, 6) is -2.94. The molecule has 0 aromatic carbocycles. The number of thioether (sulfide) groups is 1. The summed E-state index contributed by atoms with van der Waals surface area (Å²) >= 11 is 1.37. The van der Waals surface area contributed by atoms with Crippen LogP contribution in [-0.4, -0.2) is 144 Å². The minimum Gasteiger partial charge on any atom is -0.394 e. The van der Waals surface area contributed by atoms with Crippen molar-refractivity contribution < 1.29 is 57.9 Å². The van der Waals surface area contributed by atoms with Crippen molar-refractivity contribution in [2.24, 2.45) is 34.8 Å². The van der Waals surface area contributed by atoms with Gasteiger partial charge in [-0.2, -0.15) is 26.4 Å². The maximum absolute atomic E-state index is 14.1. The summed E-state index contributed by atoms with van der Waals surface area (Å²) in [6, 6.07) is -8.09. The zero-order chi connectivity index (χ0) is 46.9. The zero-order valence-corrected chi connectivity index (χ0v) is 38.7. The molecule has 4 aliphatic carbocycles. The van der Waals surface area contributed by atoms with Crippen LogP contribution >= 0.6 is 19.9 Å². The van der Waals surface area contributed by atoms with E-state index in [1.165, 1.54) is 43.5 Å². The van der Waals surface area contributed by atoms with Gasteiger partial charge in [0.25, 0.3) is 0 Å². The third-order valence-electron chi connectivity index (χ3n) is 13.0. The molecule has 7 atom stereocenters. The van der Waals surface area contributed by atoms with Crippen molar-refractivity contribution in [2.45, 2.75) is 140 Å². The van der Waals surface area contributed by atoms with Gasteiger partial charge in [0, 0.05) is 31.3 Å². The first-order valence-corrected chi connectivity index (χ1v) is 25.1. The number of aromatic amines is 1. The van der Waals surface area contributed by atoms with Gasteiger partial charge in [-0.1, -0.05) is 13.8 Å². The van der Waals surface area contributed by atoms with Crippen LogP contribution in [0.3, 0.4) is 0 Å². The fourth-order valence-electron chi connectivity index (χ4n) is 10.5. The van der Waals surface area contributed by atoms with Crippen LogP contribution in [0, 0.1) is 29.1 Å². The highest BCUT2D eigenvalue weighted by atomic mass is 32.2. The van der Waals surface area contributed by atoms with Crippen LogP contribution in [-0.2, 0) is 44.5 Å². The molecule has 0 spiro atoms. The van der Waals surface area contributed by atoms with Crippen LogP contribution in [0.25, 0.3) is 0 Å². The van der Waals surface area contributed by atoms with Crippen molar-refractivity contribution in [1.82, 2.24) is 41.5 Å². The molecule has 5 fully saturated rings. The van der Waals surface area contributed by atoms with Gasteiger partial charge in [-0.25, -0.2) is 4.98 Å². The third-order valence-corrected chi connectivity index (χ3v) is 14.2. The number of H-pyrrole nitrogens is 1. The number of aliphatic hydroxyl groups excluding tert-OH is 1. The molecule has 7 amide bonds. The molecule has 0 unspecified atom stereocenters. The quantitative estimate of drug-likeness (QED) is 0.0572. The van der Waals surface area contributed by atoms with Gasteiger partial charge >= 0.3 is 8.17 Å². The molecule has 2 heterocycles. The number of nitrogens with two attached hydrogens (primary N) is 1. The molecule has 4 saturated carbocycles. The van der Waals surface area contributed by atoms with Crippen molar-refractivity contribution in [1.29, 1.82) is 0 Å². The van der Waals surface area contributed by atoms with E-state index >= 15 is 0 Å². The molecule has 1 aromatic rings. The number of nitrogens with zero attached hydrogens (tertiary/aromatic N) is 2. The number of carbonyl (C=O) groups excluding carboxylic acids is 7. The van der Waals surface area contributed by atoms with Crippen molar-refractivity contribution in [2.75, 3.05) is 25.2 Å². The Bertz CT molecular complexity index is 1780. The normalized spacial score (nSPS) is 25.4. The number of rotatable bonds is 24. The van der Waals surface area contributed by atoms with E-state index in [4.69, 9.17) is 10.3 Å². The van der Waals surface area contributed by atoms with Gasteiger partial charge < -0.3 is 47.3 Å². The summed E-state index contributed by atoms with van der Waals surface area (Å²) < 4.78 is 4.78. The molecule has 1 aromatic heterocycles. The minimum atomic E-state index is -4.98. The van der Waals surface area contributed by atoms with Crippen LogP contribution in [0.5, 0.6) is 0 Å². The van der Waals surface area contributed by atoms with Gasteiger partial charge in [0.2, 0.25) is 41.4 Å².